The number of nitrogens with zero attached hydrogens (tertiary/aromatic N) is 1. The number of amides is 3. The van der Waals surface area contributed by atoms with Gasteiger partial charge in [-0.25, -0.2) is 4.79 Å². The fraction of sp³-hybridized carbons (Fsp3) is 0.158. The number of ether oxygens (including phenoxy) is 1. The SMILES string of the molecule is CC(C(=O)OCC(=O)Nc1c(Cl)cccc1Cl)N1C(=O)c2ccccc2C1=O. The average Bonchev–Trinajstić information content (AvgIpc) is 2.93. The van der Waals surface area contributed by atoms with Gasteiger partial charge >= 0.3 is 5.97 Å². The minimum Gasteiger partial charge on any atom is -0.454 e. The van der Waals surface area contributed by atoms with E-state index >= 15 is 0 Å². The van der Waals surface area contributed by atoms with Gasteiger partial charge < -0.3 is 10.1 Å². The molecule has 0 spiro atoms. The van der Waals surface area contributed by atoms with Crippen molar-refractivity contribution in [3.63, 3.8) is 0 Å². The lowest BCUT2D eigenvalue weighted by molar-refractivity contribution is -0.150. The number of hydrogen-bond acceptors (Lipinski definition) is 5. The van der Waals surface area contributed by atoms with Crippen molar-refractivity contribution in [1.82, 2.24) is 4.90 Å². The van der Waals surface area contributed by atoms with Crippen LogP contribution in [0, 0.1) is 0 Å². The highest BCUT2D eigenvalue weighted by Gasteiger charge is 2.41. The summed E-state index contributed by atoms with van der Waals surface area (Å²) in [6.07, 6.45) is 0. The zero-order valence-corrected chi connectivity index (χ0v) is 16.1. The Hall–Kier alpha value is -2.90. The quantitative estimate of drug-likeness (QED) is 0.592. The highest BCUT2D eigenvalue weighted by atomic mass is 35.5. The van der Waals surface area contributed by atoms with E-state index in [1.54, 1.807) is 30.3 Å². The normalized spacial score (nSPS) is 13.9. The van der Waals surface area contributed by atoms with Crippen LogP contribution in [0.3, 0.4) is 0 Å². The summed E-state index contributed by atoms with van der Waals surface area (Å²) in [7, 11) is 0. The molecule has 1 N–H and O–H groups in total. The third-order valence-electron chi connectivity index (χ3n) is 4.13. The van der Waals surface area contributed by atoms with Gasteiger partial charge in [-0.15, -0.1) is 0 Å². The number of anilines is 1. The predicted octanol–water partition coefficient (Wildman–Crippen LogP) is 3.16. The zero-order chi connectivity index (χ0) is 20.4. The van der Waals surface area contributed by atoms with E-state index in [4.69, 9.17) is 27.9 Å². The van der Waals surface area contributed by atoms with Crippen LogP contribution in [0.4, 0.5) is 5.69 Å². The summed E-state index contributed by atoms with van der Waals surface area (Å²) in [6.45, 7) is 0.723. The van der Waals surface area contributed by atoms with Crippen LogP contribution < -0.4 is 5.32 Å². The summed E-state index contributed by atoms with van der Waals surface area (Å²) in [4.78, 5) is 49.9. The smallest absolute Gasteiger partial charge is 0.329 e. The van der Waals surface area contributed by atoms with Gasteiger partial charge in [0.05, 0.1) is 26.9 Å². The van der Waals surface area contributed by atoms with Crippen molar-refractivity contribution in [2.75, 3.05) is 11.9 Å². The number of halogens is 2. The van der Waals surface area contributed by atoms with Gasteiger partial charge in [0.1, 0.15) is 6.04 Å². The Labute approximate surface area is 170 Å². The number of fused-ring (bicyclic) bond motifs is 1. The summed E-state index contributed by atoms with van der Waals surface area (Å²) < 4.78 is 4.94. The van der Waals surface area contributed by atoms with Crippen molar-refractivity contribution in [2.24, 2.45) is 0 Å². The van der Waals surface area contributed by atoms with Crippen molar-refractivity contribution in [2.45, 2.75) is 13.0 Å². The van der Waals surface area contributed by atoms with Crippen LogP contribution in [0.2, 0.25) is 10.0 Å². The lowest BCUT2D eigenvalue weighted by atomic mass is 10.1. The number of rotatable bonds is 5. The number of benzene rings is 2. The van der Waals surface area contributed by atoms with E-state index in [2.05, 4.69) is 5.32 Å². The van der Waals surface area contributed by atoms with Crippen molar-refractivity contribution < 1.29 is 23.9 Å². The molecule has 3 amide bonds. The van der Waals surface area contributed by atoms with Gasteiger partial charge in [0.15, 0.2) is 6.61 Å². The molecule has 9 heteroatoms. The van der Waals surface area contributed by atoms with Crippen molar-refractivity contribution >= 4 is 52.6 Å². The Morgan fingerprint density at radius 3 is 2.07 bits per heavy atom. The Bertz CT molecular complexity index is 937. The standard InChI is InChI=1S/C19H14Cl2N2O5/c1-10(23-17(25)11-5-2-3-6-12(11)18(23)26)19(27)28-9-15(24)22-16-13(20)7-4-8-14(16)21/h2-8,10H,9H2,1H3,(H,22,24). The fourth-order valence-corrected chi connectivity index (χ4v) is 3.21. The van der Waals surface area contributed by atoms with Gasteiger partial charge in [0, 0.05) is 0 Å². The molecule has 1 aliphatic heterocycles. The molecule has 0 aliphatic carbocycles. The number of para-hydroxylation sites is 1. The van der Waals surface area contributed by atoms with Gasteiger partial charge in [-0.05, 0) is 31.2 Å². The Morgan fingerprint density at radius 1 is 1.00 bits per heavy atom. The van der Waals surface area contributed by atoms with E-state index in [0.717, 1.165) is 4.90 Å². The predicted molar refractivity (Wildman–Crippen MR) is 102 cm³/mol. The molecule has 0 aromatic heterocycles. The van der Waals surface area contributed by atoms with Crippen LogP contribution >= 0.6 is 23.2 Å². The average molecular weight is 421 g/mol. The highest BCUT2D eigenvalue weighted by Crippen LogP contribution is 2.29. The second-order valence-electron chi connectivity index (χ2n) is 5.95. The molecule has 1 unspecified atom stereocenters. The number of carbonyl (C=O) groups excluding carboxylic acids is 4. The molecule has 3 rings (SSSR count). The minimum atomic E-state index is -1.19. The van der Waals surface area contributed by atoms with E-state index < -0.39 is 36.3 Å². The number of nitrogens with one attached hydrogen (secondary N) is 1. The Morgan fingerprint density at radius 2 is 1.54 bits per heavy atom. The Balaban J connectivity index is 1.62. The summed E-state index contributed by atoms with van der Waals surface area (Å²) in [5.74, 6) is -2.73. The maximum atomic E-state index is 12.4. The van der Waals surface area contributed by atoms with Gasteiger partial charge in [0.2, 0.25) is 0 Å². The number of imide groups is 1. The molecule has 144 valence electrons. The molecule has 0 radical (unpaired) electrons. The van der Waals surface area contributed by atoms with Crippen LogP contribution in [0.5, 0.6) is 0 Å². The lowest BCUT2D eigenvalue weighted by Gasteiger charge is -2.20. The van der Waals surface area contributed by atoms with E-state index in [1.165, 1.54) is 19.1 Å². The first-order valence-electron chi connectivity index (χ1n) is 8.18. The van der Waals surface area contributed by atoms with Crippen molar-refractivity contribution in [1.29, 1.82) is 0 Å². The molecule has 0 bridgehead atoms. The van der Waals surface area contributed by atoms with Crippen LogP contribution in [-0.2, 0) is 14.3 Å². The molecular weight excluding hydrogens is 407 g/mol. The molecule has 1 atom stereocenters. The second-order valence-corrected chi connectivity index (χ2v) is 6.77. The van der Waals surface area contributed by atoms with E-state index in [0.29, 0.717) is 0 Å². The number of carbonyl (C=O) groups is 4. The maximum Gasteiger partial charge on any atom is 0.329 e. The summed E-state index contributed by atoms with van der Waals surface area (Å²) in [6, 6.07) is 9.77. The fourth-order valence-electron chi connectivity index (χ4n) is 2.72. The number of hydrogen-bond donors (Lipinski definition) is 1. The minimum absolute atomic E-state index is 0.195. The van der Waals surface area contributed by atoms with Gasteiger partial charge in [-0.3, -0.25) is 19.3 Å². The molecule has 1 aliphatic rings. The molecule has 0 fully saturated rings. The maximum absolute atomic E-state index is 12.4. The van der Waals surface area contributed by atoms with E-state index in [1.807, 2.05) is 0 Å². The van der Waals surface area contributed by atoms with Crippen molar-refractivity contribution in [3.05, 3.63) is 63.6 Å². The molecule has 0 saturated heterocycles. The van der Waals surface area contributed by atoms with Crippen molar-refractivity contribution in [3.8, 4) is 0 Å². The first kappa shape index (κ1) is 19.9. The summed E-state index contributed by atoms with van der Waals surface area (Å²) in [5.41, 5.74) is 0.636. The largest absolute Gasteiger partial charge is 0.454 e. The third kappa shape index (κ3) is 3.72. The van der Waals surface area contributed by atoms with E-state index in [9.17, 15) is 19.2 Å². The topological polar surface area (TPSA) is 92.8 Å². The molecule has 2 aromatic carbocycles. The van der Waals surface area contributed by atoms with Gasteiger partial charge in [0.25, 0.3) is 17.7 Å². The Kier molecular flexibility index (Phi) is 5.67. The monoisotopic (exact) mass is 420 g/mol. The molecule has 0 saturated carbocycles. The first-order valence-corrected chi connectivity index (χ1v) is 8.94. The molecular formula is C19H14Cl2N2O5. The van der Waals surface area contributed by atoms with Crippen LogP contribution in [-0.4, -0.2) is 41.2 Å². The van der Waals surface area contributed by atoms with Crippen LogP contribution in [0.25, 0.3) is 0 Å². The molecule has 2 aromatic rings. The third-order valence-corrected chi connectivity index (χ3v) is 4.76. The first-order chi connectivity index (χ1) is 13.3. The molecule has 28 heavy (non-hydrogen) atoms. The molecule has 1 heterocycles. The zero-order valence-electron chi connectivity index (χ0n) is 14.6. The summed E-state index contributed by atoms with van der Waals surface area (Å²) >= 11 is 11.9. The lowest BCUT2D eigenvalue weighted by Crippen LogP contribution is -2.44. The second kappa shape index (κ2) is 8.00. The molecule has 7 nitrogen and oxygen atoms in total. The van der Waals surface area contributed by atoms with Gasteiger partial charge in [-0.1, -0.05) is 41.4 Å². The summed E-state index contributed by atoms with van der Waals surface area (Å²) in [5, 5.41) is 2.90. The van der Waals surface area contributed by atoms with E-state index in [-0.39, 0.29) is 26.9 Å². The van der Waals surface area contributed by atoms with Gasteiger partial charge in [-0.2, -0.15) is 0 Å². The highest BCUT2D eigenvalue weighted by molar-refractivity contribution is 6.39. The van der Waals surface area contributed by atoms with Crippen LogP contribution in [0.1, 0.15) is 27.6 Å². The number of esters is 1. The van der Waals surface area contributed by atoms with Crippen LogP contribution in [0.15, 0.2) is 42.5 Å².